The van der Waals surface area contributed by atoms with E-state index in [-0.39, 0.29) is 30.3 Å². The van der Waals surface area contributed by atoms with E-state index in [9.17, 15) is 9.59 Å². The normalized spacial score (nSPS) is 24.0. The fraction of sp³-hybridized carbons (Fsp3) is 0.529. The molecule has 5 nitrogen and oxygen atoms in total. The number of amides is 2. The number of rotatable bonds is 5. The molecule has 2 atom stereocenters. The number of halogens is 1. The Balaban J connectivity index is 1.63. The molecule has 0 aromatic heterocycles. The minimum Gasteiger partial charge on any atom is -0.495 e. The number of benzene rings is 1. The van der Waals surface area contributed by atoms with Gasteiger partial charge >= 0.3 is 0 Å². The van der Waals surface area contributed by atoms with Crippen molar-refractivity contribution in [2.24, 2.45) is 5.92 Å². The molecular formula is C17H21ClN2O3. The molecule has 1 aromatic rings. The van der Waals surface area contributed by atoms with Crippen molar-refractivity contribution in [3.8, 4) is 5.75 Å². The molecule has 1 aliphatic heterocycles. The summed E-state index contributed by atoms with van der Waals surface area (Å²) >= 11 is 6.24. The van der Waals surface area contributed by atoms with Crippen LogP contribution >= 0.6 is 11.6 Å². The second-order valence-electron chi connectivity index (χ2n) is 6.25. The first-order valence-electron chi connectivity index (χ1n) is 7.98. The van der Waals surface area contributed by atoms with E-state index in [0.717, 1.165) is 18.4 Å². The first kappa shape index (κ1) is 16.1. The van der Waals surface area contributed by atoms with E-state index in [1.54, 1.807) is 13.2 Å². The Morgan fingerprint density at radius 3 is 2.87 bits per heavy atom. The van der Waals surface area contributed by atoms with Gasteiger partial charge in [-0.1, -0.05) is 23.7 Å². The maximum atomic E-state index is 12.4. The van der Waals surface area contributed by atoms with Crippen LogP contribution in [0.2, 0.25) is 5.02 Å². The van der Waals surface area contributed by atoms with Crippen molar-refractivity contribution in [3.05, 3.63) is 28.8 Å². The molecule has 6 heteroatoms. The minimum absolute atomic E-state index is 0.0112. The molecule has 1 saturated heterocycles. The first-order valence-corrected chi connectivity index (χ1v) is 8.36. The number of ether oxygens (including phenoxy) is 1. The van der Waals surface area contributed by atoms with E-state index >= 15 is 0 Å². The fourth-order valence-electron chi connectivity index (χ4n) is 3.17. The molecule has 1 aromatic carbocycles. The van der Waals surface area contributed by atoms with E-state index in [2.05, 4.69) is 10.6 Å². The van der Waals surface area contributed by atoms with E-state index in [1.807, 2.05) is 12.1 Å². The quantitative estimate of drug-likeness (QED) is 0.865. The van der Waals surface area contributed by atoms with E-state index in [4.69, 9.17) is 16.3 Å². The summed E-state index contributed by atoms with van der Waals surface area (Å²) in [6.45, 7) is 0. The van der Waals surface area contributed by atoms with Crippen LogP contribution in [0.4, 0.5) is 0 Å². The number of nitrogens with one attached hydrogen (secondary N) is 2. The second kappa shape index (κ2) is 6.79. The van der Waals surface area contributed by atoms with Crippen LogP contribution in [-0.2, 0) is 16.0 Å². The van der Waals surface area contributed by atoms with Crippen LogP contribution in [0.25, 0.3) is 0 Å². The summed E-state index contributed by atoms with van der Waals surface area (Å²) in [4.78, 5) is 24.0. The highest BCUT2D eigenvalue weighted by Crippen LogP contribution is 2.36. The van der Waals surface area contributed by atoms with Gasteiger partial charge in [0.25, 0.3) is 0 Å². The van der Waals surface area contributed by atoms with Crippen LogP contribution in [0.3, 0.4) is 0 Å². The van der Waals surface area contributed by atoms with Crippen LogP contribution in [0.1, 0.15) is 31.2 Å². The molecule has 2 N–H and O–H groups in total. The van der Waals surface area contributed by atoms with Crippen LogP contribution in [-0.4, -0.2) is 31.0 Å². The third-order valence-corrected chi connectivity index (χ3v) is 4.96. The van der Waals surface area contributed by atoms with Crippen LogP contribution in [0.15, 0.2) is 18.2 Å². The fourth-order valence-corrected chi connectivity index (χ4v) is 3.44. The molecule has 23 heavy (non-hydrogen) atoms. The number of hydrogen-bond acceptors (Lipinski definition) is 3. The van der Waals surface area contributed by atoms with E-state index in [1.165, 1.54) is 0 Å². The Morgan fingerprint density at radius 1 is 1.39 bits per heavy atom. The Kier molecular flexibility index (Phi) is 4.76. The lowest BCUT2D eigenvalue weighted by Crippen LogP contribution is -2.56. The van der Waals surface area contributed by atoms with E-state index < -0.39 is 0 Å². The summed E-state index contributed by atoms with van der Waals surface area (Å²) < 4.78 is 5.17. The van der Waals surface area contributed by atoms with Crippen molar-refractivity contribution in [1.82, 2.24) is 10.6 Å². The number of piperidine rings is 1. The van der Waals surface area contributed by atoms with Gasteiger partial charge < -0.3 is 15.4 Å². The highest BCUT2D eigenvalue weighted by atomic mass is 35.5. The van der Waals surface area contributed by atoms with Gasteiger partial charge in [-0.05, 0) is 36.8 Å². The Hall–Kier alpha value is -1.75. The van der Waals surface area contributed by atoms with Crippen LogP contribution in [0, 0.1) is 5.92 Å². The lowest BCUT2D eigenvalue weighted by Gasteiger charge is -2.33. The van der Waals surface area contributed by atoms with Gasteiger partial charge in [-0.15, -0.1) is 0 Å². The average molecular weight is 337 g/mol. The monoisotopic (exact) mass is 336 g/mol. The second-order valence-corrected chi connectivity index (χ2v) is 6.63. The summed E-state index contributed by atoms with van der Waals surface area (Å²) in [5.74, 6) is 1.08. The average Bonchev–Trinajstić information content (AvgIpc) is 3.36. The summed E-state index contributed by atoms with van der Waals surface area (Å²) in [6, 6.07) is 5.49. The molecular weight excluding hydrogens is 316 g/mol. The molecule has 0 spiro atoms. The number of hydrogen-bond donors (Lipinski definition) is 2. The van der Waals surface area contributed by atoms with Gasteiger partial charge in [-0.2, -0.15) is 0 Å². The highest BCUT2D eigenvalue weighted by Gasteiger charge is 2.40. The molecule has 124 valence electrons. The third-order valence-electron chi connectivity index (χ3n) is 4.53. The molecule has 1 saturated carbocycles. The lowest BCUT2D eigenvalue weighted by atomic mass is 9.94. The standard InChI is InChI=1S/C17H21ClN2O3/c1-23-13-4-2-3-11(16(13)18)9-15(22)19-12-7-8-14(21)20-17(12)10-5-6-10/h2-4,10,12,17H,5-9H2,1H3,(H,19,22)(H,20,21)/t12-,17+/m1/s1. The molecule has 0 unspecified atom stereocenters. The van der Waals surface area contributed by atoms with E-state index in [0.29, 0.717) is 29.5 Å². The largest absolute Gasteiger partial charge is 0.495 e. The van der Waals surface area contributed by atoms with Gasteiger partial charge in [0.2, 0.25) is 11.8 Å². The highest BCUT2D eigenvalue weighted by molar-refractivity contribution is 6.33. The first-order chi connectivity index (χ1) is 11.1. The van der Waals surface area contributed by atoms with Crippen molar-refractivity contribution < 1.29 is 14.3 Å². The zero-order chi connectivity index (χ0) is 16.4. The van der Waals surface area contributed by atoms with Gasteiger partial charge in [-0.25, -0.2) is 0 Å². The molecule has 1 heterocycles. The molecule has 2 amide bonds. The van der Waals surface area contributed by atoms with Crippen LogP contribution in [0.5, 0.6) is 5.75 Å². The van der Waals surface area contributed by atoms with Crippen molar-refractivity contribution in [2.45, 2.75) is 44.2 Å². The minimum atomic E-state index is -0.0769. The number of carbonyl (C=O) groups is 2. The zero-order valence-corrected chi connectivity index (χ0v) is 13.9. The zero-order valence-electron chi connectivity index (χ0n) is 13.1. The Morgan fingerprint density at radius 2 is 2.17 bits per heavy atom. The number of carbonyl (C=O) groups excluding carboxylic acids is 2. The molecule has 3 rings (SSSR count). The molecule has 0 radical (unpaired) electrons. The predicted molar refractivity (Wildman–Crippen MR) is 87.5 cm³/mol. The van der Waals surface area contributed by atoms with Gasteiger partial charge in [0.15, 0.2) is 0 Å². The summed E-state index contributed by atoms with van der Waals surface area (Å²) in [6.07, 6.45) is 3.62. The van der Waals surface area contributed by atoms with Gasteiger partial charge in [0.05, 0.1) is 24.6 Å². The summed E-state index contributed by atoms with van der Waals surface area (Å²) in [5.41, 5.74) is 0.742. The van der Waals surface area contributed by atoms with Gasteiger partial charge in [-0.3, -0.25) is 9.59 Å². The lowest BCUT2D eigenvalue weighted by molar-refractivity contribution is -0.127. The predicted octanol–water partition coefficient (Wildman–Crippen LogP) is 2.06. The molecule has 2 aliphatic rings. The number of methoxy groups -OCH3 is 1. The van der Waals surface area contributed by atoms with Gasteiger partial charge in [0.1, 0.15) is 5.75 Å². The van der Waals surface area contributed by atoms with Gasteiger partial charge in [0, 0.05) is 12.5 Å². The SMILES string of the molecule is COc1cccc(CC(=O)N[C@@H]2CCC(=O)N[C@H]2C2CC2)c1Cl. The topological polar surface area (TPSA) is 67.4 Å². The maximum absolute atomic E-state index is 12.4. The Bertz CT molecular complexity index is 616. The van der Waals surface area contributed by atoms with Crippen molar-refractivity contribution in [2.75, 3.05) is 7.11 Å². The summed E-state index contributed by atoms with van der Waals surface area (Å²) in [7, 11) is 1.55. The summed E-state index contributed by atoms with van der Waals surface area (Å²) in [5, 5.41) is 6.57. The smallest absolute Gasteiger partial charge is 0.224 e. The van der Waals surface area contributed by atoms with Crippen molar-refractivity contribution >= 4 is 23.4 Å². The maximum Gasteiger partial charge on any atom is 0.224 e. The Labute approximate surface area is 140 Å². The van der Waals surface area contributed by atoms with Crippen molar-refractivity contribution in [3.63, 3.8) is 0 Å². The molecule has 2 fully saturated rings. The van der Waals surface area contributed by atoms with Crippen molar-refractivity contribution in [1.29, 1.82) is 0 Å². The molecule has 1 aliphatic carbocycles. The molecule has 0 bridgehead atoms. The third kappa shape index (κ3) is 3.78. The van der Waals surface area contributed by atoms with Crippen LogP contribution < -0.4 is 15.4 Å².